The molecule has 3 nitrogen and oxygen atoms in total. The summed E-state index contributed by atoms with van der Waals surface area (Å²) in [6.45, 7) is -3.37. The molecule has 0 bridgehead atoms. The van der Waals surface area contributed by atoms with Gasteiger partial charge in [0.05, 0.1) is 0 Å². The number of hydrogen-bond donors (Lipinski definition) is 1. The van der Waals surface area contributed by atoms with Gasteiger partial charge in [-0.05, 0) is 0 Å². The lowest BCUT2D eigenvalue weighted by atomic mass is 10.2. The number of hydrogen-bond acceptors (Lipinski definition) is 3. The molecule has 176 valence electrons. The molecule has 0 aromatic carbocycles. The van der Waals surface area contributed by atoms with Gasteiger partial charge in [0, 0.05) is 0 Å². The molecule has 2 atom stereocenters. The summed E-state index contributed by atoms with van der Waals surface area (Å²) in [5.41, 5.74) is 0. The molecule has 0 heterocycles. The van der Waals surface area contributed by atoms with E-state index in [1.807, 2.05) is 0 Å². The first-order valence-electron chi connectivity index (χ1n) is 5.95. The summed E-state index contributed by atoms with van der Waals surface area (Å²) in [7, 11) is 0. The molecule has 0 saturated carbocycles. The van der Waals surface area contributed by atoms with Crippen LogP contribution in [0.2, 0.25) is 0 Å². The van der Waals surface area contributed by atoms with Crippen LogP contribution in [-0.2, 0) is 9.47 Å². The van der Waals surface area contributed by atoms with Gasteiger partial charge in [-0.3, -0.25) is 9.47 Å². The van der Waals surface area contributed by atoms with Gasteiger partial charge in [-0.1, -0.05) is 0 Å². The third-order valence-electron chi connectivity index (χ3n) is 2.65. The highest BCUT2D eigenvalue weighted by molar-refractivity contribution is 4.94. The Hall–Kier alpha value is -1.31. The predicted octanol–water partition coefficient (Wildman–Crippen LogP) is 4.85. The Morgan fingerprint density at radius 2 is 0.862 bits per heavy atom. The molecule has 0 unspecified atom stereocenters. The van der Waals surface area contributed by atoms with Crippen molar-refractivity contribution in [1.82, 2.24) is 0 Å². The average molecular weight is 482 g/mol. The highest BCUT2D eigenvalue weighted by Gasteiger charge is 2.85. The van der Waals surface area contributed by atoms with Crippen molar-refractivity contribution in [3.05, 3.63) is 0 Å². The average Bonchev–Trinajstić information content (AvgIpc) is 2.42. The molecule has 1 N–H and O–H groups in total. The van der Waals surface area contributed by atoms with Crippen molar-refractivity contribution in [3.8, 4) is 0 Å². The molecule has 29 heavy (non-hydrogen) atoms. The number of rotatable bonds is 7. The third-order valence-corrected chi connectivity index (χ3v) is 2.65. The van der Waals surface area contributed by atoms with Gasteiger partial charge in [0.1, 0.15) is 6.61 Å². The topological polar surface area (TPSA) is 38.7 Å². The maximum Gasteiger partial charge on any atom is 0.462 e. The van der Waals surface area contributed by atoms with Gasteiger partial charge in [0.2, 0.25) is 0 Å². The van der Waals surface area contributed by atoms with Crippen LogP contribution < -0.4 is 0 Å². The van der Waals surface area contributed by atoms with Gasteiger partial charge in [0.25, 0.3) is 0 Å². The lowest BCUT2D eigenvalue weighted by molar-refractivity contribution is -0.552. The molecule has 0 amide bonds. The Labute approximate surface area is 145 Å². The highest BCUT2D eigenvalue weighted by atomic mass is 19.4. The molecule has 0 aliphatic carbocycles. The van der Waals surface area contributed by atoms with Crippen molar-refractivity contribution in [1.29, 1.82) is 0 Å². The molecule has 0 saturated heterocycles. The van der Waals surface area contributed by atoms with E-state index in [9.17, 15) is 74.6 Å². The Morgan fingerprint density at radius 1 is 0.483 bits per heavy atom. The van der Waals surface area contributed by atoms with E-state index in [2.05, 4.69) is 0 Å². The van der Waals surface area contributed by atoms with E-state index in [-0.39, 0.29) is 0 Å². The van der Waals surface area contributed by atoms with Gasteiger partial charge in [0.15, 0.2) is 0 Å². The van der Waals surface area contributed by atoms with E-state index >= 15 is 0 Å². The van der Waals surface area contributed by atoms with Crippen LogP contribution in [0.15, 0.2) is 0 Å². The summed E-state index contributed by atoms with van der Waals surface area (Å²) >= 11 is 0. The highest BCUT2D eigenvalue weighted by Crippen LogP contribution is 2.56. The van der Waals surface area contributed by atoms with Crippen molar-refractivity contribution in [2.75, 3.05) is 6.61 Å². The number of aliphatic hydroxyl groups excluding tert-OH is 1. The zero-order valence-electron chi connectivity index (χ0n) is 12.4. The Balaban J connectivity index is 6.48. The van der Waals surface area contributed by atoms with Crippen LogP contribution in [-0.4, -0.2) is 60.1 Å². The molecule has 0 aromatic heterocycles. The normalized spacial score (nSPS) is 19.7. The van der Waals surface area contributed by atoms with Crippen LogP contribution in [0, 0.1) is 0 Å². The molecular weight excluding hydrogens is 479 g/mol. The molecule has 0 fully saturated rings. The number of halogens is 17. The van der Waals surface area contributed by atoms with Crippen LogP contribution >= 0.6 is 0 Å². The molecule has 0 radical (unpaired) electrons. The van der Waals surface area contributed by atoms with Crippen molar-refractivity contribution < 1.29 is 89.2 Å². The zero-order chi connectivity index (χ0) is 24.1. The first kappa shape index (κ1) is 27.7. The van der Waals surface area contributed by atoms with Gasteiger partial charge >= 0.3 is 48.4 Å². The van der Waals surface area contributed by atoms with Gasteiger partial charge in [-0.15, -0.1) is 0 Å². The van der Waals surface area contributed by atoms with E-state index in [1.165, 1.54) is 4.74 Å². The number of aliphatic hydroxyl groups is 1. The second kappa shape index (κ2) is 7.13. The summed E-state index contributed by atoms with van der Waals surface area (Å²) in [5, 5.41) is 8.01. The predicted molar refractivity (Wildman–Crippen MR) is 49.9 cm³/mol. The Morgan fingerprint density at radius 3 is 1.10 bits per heavy atom. The van der Waals surface area contributed by atoms with Crippen LogP contribution in [0.3, 0.4) is 0 Å². The lowest BCUT2D eigenvalue weighted by Crippen LogP contribution is -2.67. The van der Waals surface area contributed by atoms with Crippen molar-refractivity contribution in [2.45, 2.75) is 48.4 Å². The Bertz CT molecular complexity index is 576. The first-order valence-corrected chi connectivity index (χ1v) is 5.95. The Kier molecular flexibility index (Phi) is 6.81. The zero-order valence-corrected chi connectivity index (χ0v) is 12.4. The van der Waals surface area contributed by atoms with Crippen molar-refractivity contribution in [2.24, 2.45) is 0 Å². The van der Waals surface area contributed by atoms with Crippen molar-refractivity contribution >= 4 is 0 Å². The molecule has 0 aliphatic rings. The van der Waals surface area contributed by atoms with Crippen LogP contribution in [0.4, 0.5) is 74.6 Å². The molecule has 20 heteroatoms. The second-order valence-corrected chi connectivity index (χ2v) is 4.79. The molecular formula is C9H3F17O3. The fourth-order valence-corrected chi connectivity index (χ4v) is 1.14. The van der Waals surface area contributed by atoms with Gasteiger partial charge in [-0.25, -0.2) is 0 Å². The summed E-state index contributed by atoms with van der Waals surface area (Å²) in [5.74, 6) is -22.1. The third kappa shape index (κ3) is 4.72. The first-order chi connectivity index (χ1) is 12.2. The van der Waals surface area contributed by atoms with Crippen LogP contribution in [0.1, 0.15) is 0 Å². The smallest absolute Gasteiger partial charge is 0.390 e. The molecule has 0 spiro atoms. The van der Waals surface area contributed by atoms with E-state index in [1.54, 1.807) is 4.74 Å². The SMILES string of the molecule is OC[C@](F)(OC(F)(F)[C@](F)(OC(F)(F)C(F)(F)C(F)(F)F)C(F)(F)F)C(F)(F)F. The summed E-state index contributed by atoms with van der Waals surface area (Å²) in [6.07, 6.45) is -37.9. The molecule has 0 aromatic rings. The van der Waals surface area contributed by atoms with E-state index in [0.717, 1.165) is 0 Å². The van der Waals surface area contributed by atoms with Gasteiger partial charge in [-0.2, -0.15) is 74.6 Å². The quantitative estimate of drug-likeness (QED) is 0.528. The standard InChI is InChI=1S/C9H3F17O3/c10-2(1-27,5(14,15)16)28-9(25,26)4(13,7(20,21)22)29-8(23,24)3(11,12)6(17,18)19/h27H,1H2/t2-,4+/m0/s1. The van der Waals surface area contributed by atoms with Gasteiger partial charge < -0.3 is 5.11 Å². The number of alkyl halides is 17. The van der Waals surface area contributed by atoms with Crippen LogP contribution in [0.5, 0.6) is 0 Å². The minimum absolute atomic E-state index is 1.26. The molecule has 0 rings (SSSR count). The minimum atomic E-state index is -7.92. The summed E-state index contributed by atoms with van der Waals surface area (Å²) < 4.78 is 216. The van der Waals surface area contributed by atoms with Crippen molar-refractivity contribution in [3.63, 3.8) is 0 Å². The largest absolute Gasteiger partial charge is 0.462 e. The fourth-order valence-electron chi connectivity index (χ4n) is 1.14. The van der Waals surface area contributed by atoms with E-state index in [0.29, 0.717) is 0 Å². The second-order valence-electron chi connectivity index (χ2n) is 4.79. The van der Waals surface area contributed by atoms with E-state index < -0.39 is 55.0 Å². The van der Waals surface area contributed by atoms with Crippen LogP contribution in [0.25, 0.3) is 0 Å². The number of ether oxygens (including phenoxy) is 2. The monoisotopic (exact) mass is 482 g/mol. The fraction of sp³-hybridized carbons (Fsp3) is 1.00. The summed E-state index contributed by atoms with van der Waals surface area (Å²) in [4.78, 5) is 0. The summed E-state index contributed by atoms with van der Waals surface area (Å²) in [6, 6.07) is 0. The minimum Gasteiger partial charge on any atom is -0.390 e. The molecule has 0 aliphatic heterocycles. The maximum atomic E-state index is 13.5. The lowest BCUT2D eigenvalue weighted by Gasteiger charge is -2.40. The maximum absolute atomic E-state index is 13.5. The van der Waals surface area contributed by atoms with E-state index in [4.69, 9.17) is 5.11 Å².